The summed E-state index contributed by atoms with van der Waals surface area (Å²) in [7, 11) is 0. The van der Waals surface area contributed by atoms with Gasteiger partial charge in [-0.2, -0.15) is 0 Å². The lowest BCUT2D eigenvalue weighted by Gasteiger charge is -2.14. The minimum absolute atomic E-state index is 0.599. The molecule has 1 aromatic rings. The van der Waals surface area contributed by atoms with Crippen molar-refractivity contribution in [1.82, 2.24) is 9.55 Å². The molecular formula is C30H58N2. The fourth-order valence-corrected chi connectivity index (χ4v) is 4.97. The predicted octanol–water partition coefficient (Wildman–Crippen LogP) is 10.5. The molecule has 1 heterocycles. The Balaban J connectivity index is 2.02. The number of aromatic nitrogens is 2. The monoisotopic (exact) mass is 446 g/mol. The summed E-state index contributed by atoms with van der Waals surface area (Å²) in [5.74, 6) is 1.94. The third-order valence-corrected chi connectivity index (χ3v) is 7.11. The maximum absolute atomic E-state index is 4.88. The molecule has 0 amide bonds. The number of hydrogen-bond donors (Lipinski definition) is 0. The SMILES string of the molecule is CCCCCCCCCCCCCCCCCn1cc(C)nc1C(C)CCCCCCC. The first-order chi connectivity index (χ1) is 15.7. The number of nitrogens with zero attached hydrogens (tertiary/aromatic N) is 2. The van der Waals surface area contributed by atoms with Gasteiger partial charge >= 0.3 is 0 Å². The first-order valence-corrected chi connectivity index (χ1v) is 14.7. The molecule has 1 atom stereocenters. The summed E-state index contributed by atoms with van der Waals surface area (Å²) in [4.78, 5) is 4.88. The van der Waals surface area contributed by atoms with Crippen LogP contribution in [0.5, 0.6) is 0 Å². The van der Waals surface area contributed by atoms with Crippen LogP contribution in [0, 0.1) is 6.92 Å². The van der Waals surface area contributed by atoms with Gasteiger partial charge in [-0.3, -0.25) is 0 Å². The van der Waals surface area contributed by atoms with E-state index in [2.05, 4.69) is 38.5 Å². The number of unbranched alkanes of at least 4 members (excludes halogenated alkanes) is 18. The highest BCUT2D eigenvalue weighted by atomic mass is 15.1. The highest BCUT2D eigenvalue weighted by Crippen LogP contribution is 2.23. The van der Waals surface area contributed by atoms with E-state index in [1.807, 2.05) is 0 Å². The van der Waals surface area contributed by atoms with Crippen molar-refractivity contribution in [3.05, 3.63) is 17.7 Å². The van der Waals surface area contributed by atoms with Crippen molar-refractivity contribution in [3.63, 3.8) is 0 Å². The Morgan fingerprint density at radius 2 is 1.03 bits per heavy atom. The van der Waals surface area contributed by atoms with Gasteiger partial charge in [-0.05, 0) is 19.8 Å². The normalized spacial score (nSPS) is 12.5. The van der Waals surface area contributed by atoms with E-state index in [1.165, 1.54) is 146 Å². The molecule has 2 heteroatoms. The molecule has 0 spiro atoms. The van der Waals surface area contributed by atoms with Gasteiger partial charge in [0.1, 0.15) is 5.82 Å². The second-order valence-corrected chi connectivity index (χ2v) is 10.5. The van der Waals surface area contributed by atoms with E-state index < -0.39 is 0 Å². The van der Waals surface area contributed by atoms with Gasteiger partial charge in [-0.25, -0.2) is 4.98 Å². The first kappa shape index (κ1) is 29.2. The smallest absolute Gasteiger partial charge is 0.111 e. The molecule has 1 aromatic heterocycles. The van der Waals surface area contributed by atoms with Crippen molar-refractivity contribution >= 4 is 0 Å². The van der Waals surface area contributed by atoms with Crippen molar-refractivity contribution in [2.45, 2.75) is 175 Å². The number of aryl methyl sites for hydroxylation is 2. The van der Waals surface area contributed by atoms with Gasteiger partial charge in [0.25, 0.3) is 0 Å². The van der Waals surface area contributed by atoms with Gasteiger partial charge in [0.15, 0.2) is 0 Å². The van der Waals surface area contributed by atoms with E-state index >= 15 is 0 Å². The molecule has 0 saturated carbocycles. The molecule has 2 nitrogen and oxygen atoms in total. The summed E-state index contributed by atoms with van der Waals surface area (Å²) < 4.78 is 2.47. The molecule has 0 aliphatic rings. The predicted molar refractivity (Wildman–Crippen MR) is 144 cm³/mol. The molecule has 0 saturated heterocycles. The molecule has 0 N–H and O–H groups in total. The first-order valence-electron chi connectivity index (χ1n) is 14.7. The van der Waals surface area contributed by atoms with Crippen molar-refractivity contribution in [3.8, 4) is 0 Å². The molecule has 1 unspecified atom stereocenters. The van der Waals surface area contributed by atoms with Gasteiger partial charge in [-0.1, -0.05) is 143 Å². The van der Waals surface area contributed by atoms with Crippen LogP contribution >= 0.6 is 0 Å². The van der Waals surface area contributed by atoms with Crippen LogP contribution in [-0.4, -0.2) is 9.55 Å². The summed E-state index contributed by atoms with van der Waals surface area (Å²) >= 11 is 0. The van der Waals surface area contributed by atoms with E-state index in [-0.39, 0.29) is 0 Å². The molecule has 188 valence electrons. The zero-order valence-electron chi connectivity index (χ0n) is 22.6. The van der Waals surface area contributed by atoms with Crippen LogP contribution in [-0.2, 0) is 6.54 Å². The average molecular weight is 447 g/mol. The van der Waals surface area contributed by atoms with E-state index in [9.17, 15) is 0 Å². The maximum Gasteiger partial charge on any atom is 0.111 e. The lowest BCUT2D eigenvalue weighted by atomic mass is 10.0. The Bertz CT molecular complexity index is 519. The van der Waals surface area contributed by atoms with Crippen LogP contribution in [0.15, 0.2) is 6.20 Å². The van der Waals surface area contributed by atoms with E-state index in [0.29, 0.717) is 5.92 Å². The Morgan fingerprint density at radius 3 is 1.50 bits per heavy atom. The van der Waals surface area contributed by atoms with Crippen molar-refractivity contribution < 1.29 is 0 Å². The highest BCUT2D eigenvalue weighted by Gasteiger charge is 2.13. The third kappa shape index (κ3) is 15.1. The number of rotatable bonds is 23. The van der Waals surface area contributed by atoms with E-state index in [4.69, 9.17) is 4.98 Å². The third-order valence-electron chi connectivity index (χ3n) is 7.11. The number of imidazole rings is 1. The van der Waals surface area contributed by atoms with Crippen LogP contribution in [0.4, 0.5) is 0 Å². The minimum Gasteiger partial charge on any atom is -0.334 e. The molecule has 0 aliphatic heterocycles. The fraction of sp³-hybridized carbons (Fsp3) is 0.900. The molecule has 0 aliphatic carbocycles. The lowest BCUT2D eigenvalue weighted by Crippen LogP contribution is -2.07. The van der Waals surface area contributed by atoms with Crippen molar-refractivity contribution in [2.75, 3.05) is 0 Å². The quantitative estimate of drug-likeness (QED) is 0.153. The number of hydrogen-bond acceptors (Lipinski definition) is 1. The van der Waals surface area contributed by atoms with Gasteiger partial charge < -0.3 is 4.57 Å². The second kappa shape index (κ2) is 20.8. The molecule has 0 radical (unpaired) electrons. The summed E-state index contributed by atoms with van der Waals surface area (Å²) in [5, 5.41) is 0. The maximum atomic E-state index is 4.88. The molecule has 1 rings (SSSR count). The Kier molecular flexibility index (Phi) is 19.0. The van der Waals surface area contributed by atoms with E-state index in [0.717, 1.165) is 6.54 Å². The molecule has 0 bridgehead atoms. The van der Waals surface area contributed by atoms with Crippen LogP contribution < -0.4 is 0 Å². The summed E-state index contributed by atoms with van der Waals surface area (Å²) in [6, 6.07) is 0. The highest BCUT2D eigenvalue weighted by molar-refractivity contribution is 5.06. The standard InChI is InChI=1S/C30H58N2/c1-5-7-9-11-12-13-14-15-16-17-18-19-20-22-24-26-32-27-29(4)31-30(32)28(3)25-23-21-10-8-6-2/h27-28H,5-26H2,1-4H3. The largest absolute Gasteiger partial charge is 0.334 e. The van der Waals surface area contributed by atoms with Gasteiger partial charge in [-0.15, -0.1) is 0 Å². The van der Waals surface area contributed by atoms with Gasteiger partial charge in [0.2, 0.25) is 0 Å². The topological polar surface area (TPSA) is 17.8 Å². The zero-order chi connectivity index (χ0) is 23.3. The molecule has 0 aromatic carbocycles. The summed E-state index contributed by atoms with van der Waals surface area (Å²) in [5.41, 5.74) is 1.19. The Hall–Kier alpha value is -0.790. The van der Waals surface area contributed by atoms with Crippen LogP contribution in [0.2, 0.25) is 0 Å². The molecule has 0 fully saturated rings. The molecule has 32 heavy (non-hydrogen) atoms. The second-order valence-electron chi connectivity index (χ2n) is 10.5. The van der Waals surface area contributed by atoms with Crippen molar-refractivity contribution in [2.24, 2.45) is 0 Å². The fourth-order valence-electron chi connectivity index (χ4n) is 4.97. The minimum atomic E-state index is 0.599. The van der Waals surface area contributed by atoms with E-state index in [1.54, 1.807) is 0 Å². The van der Waals surface area contributed by atoms with Crippen LogP contribution in [0.3, 0.4) is 0 Å². The Labute approximate surface area is 202 Å². The molecular weight excluding hydrogens is 388 g/mol. The zero-order valence-corrected chi connectivity index (χ0v) is 22.6. The van der Waals surface area contributed by atoms with Crippen LogP contribution in [0.1, 0.15) is 173 Å². The van der Waals surface area contributed by atoms with Gasteiger partial charge in [0.05, 0.1) is 5.69 Å². The van der Waals surface area contributed by atoms with Crippen molar-refractivity contribution in [1.29, 1.82) is 0 Å². The van der Waals surface area contributed by atoms with Crippen LogP contribution in [0.25, 0.3) is 0 Å². The summed E-state index contributed by atoms with van der Waals surface area (Å²) in [6.45, 7) is 10.3. The average Bonchev–Trinajstić information content (AvgIpc) is 3.16. The van der Waals surface area contributed by atoms with Gasteiger partial charge in [0, 0.05) is 18.7 Å². The Morgan fingerprint density at radius 1 is 0.625 bits per heavy atom. The lowest BCUT2D eigenvalue weighted by molar-refractivity contribution is 0.499. The summed E-state index contributed by atoms with van der Waals surface area (Å²) in [6.07, 6.45) is 31.9.